The van der Waals surface area contributed by atoms with Crippen molar-refractivity contribution in [3.8, 4) is 11.5 Å². The predicted molar refractivity (Wildman–Crippen MR) is 165 cm³/mol. The molecule has 1 saturated heterocycles. The van der Waals surface area contributed by atoms with E-state index in [0.717, 1.165) is 33.7 Å². The Kier molecular flexibility index (Phi) is 8.89. The van der Waals surface area contributed by atoms with Gasteiger partial charge in [-0.1, -0.05) is 65.7 Å². The molecule has 1 heterocycles. The zero-order valence-corrected chi connectivity index (χ0v) is 25.6. The first kappa shape index (κ1) is 28.1. The van der Waals surface area contributed by atoms with E-state index in [1.807, 2.05) is 60.7 Å². The Morgan fingerprint density at radius 3 is 2.41 bits per heavy atom. The van der Waals surface area contributed by atoms with Crippen molar-refractivity contribution < 1.29 is 19.1 Å². The molecule has 0 bridgehead atoms. The van der Waals surface area contributed by atoms with Gasteiger partial charge in [-0.15, -0.1) is 0 Å². The Morgan fingerprint density at radius 2 is 1.64 bits per heavy atom. The van der Waals surface area contributed by atoms with Crippen LogP contribution in [0.3, 0.4) is 0 Å². The molecule has 0 aromatic heterocycles. The summed E-state index contributed by atoms with van der Waals surface area (Å²) in [6, 6.07) is 22.6. The number of thioether (sulfide) groups is 1. The first-order chi connectivity index (χ1) is 18.8. The molecule has 0 N–H and O–H groups in total. The minimum Gasteiger partial charge on any atom is -0.491 e. The molecule has 5 rings (SSSR count). The monoisotopic (exact) mass is 705 g/mol. The number of halogens is 4. The topological polar surface area (TPSA) is 55.8 Å². The van der Waals surface area contributed by atoms with Gasteiger partial charge in [-0.2, -0.15) is 0 Å². The lowest BCUT2D eigenvalue weighted by atomic mass is 10.1. The summed E-state index contributed by atoms with van der Waals surface area (Å²) in [6.45, 7) is 0.588. The van der Waals surface area contributed by atoms with Crippen LogP contribution in [0.1, 0.15) is 11.1 Å². The summed E-state index contributed by atoms with van der Waals surface area (Å²) >= 11 is 20.2. The van der Waals surface area contributed by atoms with E-state index in [1.54, 1.807) is 18.2 Å². The fraction of sp³-hybridized carbons (Fsp3) is 0.103. The molecular weight excluding hydrogens is 689 g/mol. The Hall–Kier alpha value is -2.49. The third-order valence-electron chi connectivity index (χ3n) is 5.90. The third-order valence-corrected chi connectivity index (χ3v) is 8.57. The number of amides is 2. The maximum Gasteiger partial charge on any atom is 0.293 e. The van der Waals surface area contributed by atoms with Crippen LogP contribution in [0.5, 0.6) is 11.5 Å². The Bertz CT molecular complexity index is 1600. The molecule has 0 radical (unpaired) electrons. The summed E-state index contributed by atoms with van der Waals surface area (Å²) < 4.78 is 13.3. The Balaban J connectivity index is 1.24. The van der Waals surface area contributed by atoms with Crippen molar-refractivity contribution in [3.05, 3.63) is 108 Å². The molecule has 198 valence electrons. The lowest BCUT2D eigenvalue weighted by molar-refractivity contribution is -0.123. The molecule has 39 heavy (non-hydrogen) atoms. The second kappa shape index (κ2) is 12.4. The second-order valence-electron chi connectivity index (χ2n) is 8.50. The second-order valence-corrected chi connectivity index (χ2v) is 12.0. The van der Waals surface area contributed by atoms with Crippen LogP contribution in [0.15, 0.2) is 86.6 Å². The summed E-state index contributed by atoms with van der Waals surface area (Å²) in [7, 11) is 0. The molecular formula is C29H19Br2Cl2NO4S. The first-order valence-electron chi connectivity index (χ1n) is 11.7. The van der Waals surface area contributed by atoms with Crippen molar-refractivity contribution in [2.75, 3.05) is 13.2 Å². The van der Waals surface area contributed by atoms with Crippen molar-refractivity contribution >= 4 is 94.8 Å². The summed E-state index contributed by atoms with van der Waals surface area (Å²) in [4.78, 5) is 27.2. The number of hydrogen-bond donors (Lipinski definition) is 0. The van der Waals surface area contributed by atoms with Gasteiger partial charge in [0.15, 0.2) is 0 Å². The molecule has 10 heteroatoms. The van der Waals surface area contributed by atoms with Gasteiger partial charge in [0.1, 0.15) is 24.7 Å². The van der Waals surface area contributed by atoms with E-state index in [1.165, 1.54) is 4.90 Å². The Morgan fingerprint density at radius 1 is 0.897 bits per heavy atom. The van der Waals surface area contributed by atoms with Crippen molar-refractivity contribution in [2.45, 2.75) is 6.61 Å². The van der Waals surface area contributed by atoms with E-state index in [-0.39, 0.29) is 30.9 Å². The fourth-order valence-electron chi connectivity index (χ4n) is 4.00. The number of rotatable bonds is 8. The quantitative estimate of drug-likeness (QED) is 0.171. The maximum atomic E-state index is 13.0. The van der Waals surface area contributed by atoms with Gasteiger partial charge < -0.3 is 9.47 Å². The van der Waals surface area contributed by atoms with Gasteiger partial charge >= 0.3 is 0 Å². The van der Waals surface area contributed by atoms with Crippen molar-refractivity contribution in [1.29, 1.82) is 0 Å². The molecule has 1 aliphatic rings. The van der Waals surface area contributed by atoms with E-state index in [9.17, 15) is 9.59 Å². The highest BCUT2D eigenvalue weighted by atomic mass is 79.9. The number of carbonyl (C=O) groups excluding carboxylic acids is 2. The average molecular weight is 708 g/mol. The van der Waals surface area contributed by atoms with E-state index < -0.39 is 0 Å². The third kappa shape index (κ3) is 6.47. The number of fused-ring (bicyclic) bond motifs is 1. The summed E-state index contributed by atoms with van der Waals surface area (Å²) in [5.74, 6) is 0.944. The van der Waals surface area contributed by atoms with Gasteiger partial charge in [0.25, 0.3) is 11.1 Å². The number of ether oxygens (including phenoxy) is 2. The zero-order valence-electron chi connectivity index (χ0n) is 20.1. The number of nitrogens with zero attached hydrogens (tertiary/aromatic N) is 1. The lowest BCUT2D eigenvalue weighted by Gasteiger charge is -2.14. The zero-order chi connectivity index (χ0) is 27.5. The number of carbonyl (C=O) groups is 2. The summed E-state index contributed by atoms with van der Waals surface area (Å²) in [5.41, 5.74) is 1.52. The molecule has 5 nitrogen and oxygen atoms in total. The van der Waals surface area contributed by atoms with E-state index in [4.69, 9.17) is 32.7 Å². The highest BCUT2D eigenvalue weighted by Gasteiger charge is 2.35. The number of imide groups is 1. The van der Waals surface area contributed by atoms with Gasteiger partial charge in [0.05, 0.1) is 20.4 Å². The van der Waals surface area contributed by atoms with Crippen LogP contribution in [-0.2, 0) is 11.4 Å². The van der Waals surface area contributed by atoms with Crippen LogP contribution in [0.2, 0.25) is 10.0 Å². The van der Waals surface area contributed by atoms with Crippen molar-refractivity contribution in [3.63, 3.8) is 0 Å². The highest BCUT2D eigenvalue weighted by molar-refractivity contribution is 9.11. The molecule has 0 spiro atoms. The van der Waals surface area contributed by atoms with Crippen LogP contribution in [0, 0.1) is 0 Å². The normalized spacial score (nSPS) is 14.5. The van der Waals surface area contributed by atoms with Crippen LogP contribution < -0.4 is 9.47 Å². The molecule has 1 aliphatic heterocycles. The van der Waals surface area contributed by atoms with Crippen LogP contribution in [0.25, 0.3) is 16.8 Å². The highest BCUT2D eigenvalue weighted by Crippen LogP contribution is 2.38. The average Bonchev–Trinajstić information content (AvgIpc) is 3.16. The molecule has 0 aliphatic carbocycles. The van der Waals surface area contributed by atoms with E-state index in [2.05, 4.69) is 31.9 Å². The summed E-state index contributed by atoms with van der Waals surface area (Å²) in [6.07, 6.45) is 1.69. The smallest absolute Gasteiger partial charge is 0.293 e. The largest absolute Gasteiger partial charge is 0.491 e. The van der Waals surface area contributed by atoms with Crippen molar-refractivity contribution in [2.24, 2.45) is 0 Å². The molecule has 1 fully saturated rings. The molecule has 4 aromatic carbocycles. The minimum atomic E-state index is -0.350. The fourth-order valence-corrected chi connectivity index (χ4v) is 6.78. The SMILES string of the molecule is O=C1S/C(=C\c2cc(Br)c(OCc3ccc(Cl)cc3Cl)c(Br)c2)C(=O)N1CCOc1cccc2ccccc12. The van der Waals surface area contributed by atoms with Gasteiger partial charge in [-0.25, -0.2) is 0 Å². The van der Waals surface area contributed by atoms with Gasteiger partial charge in [0.2, 0.25) is 0 Å². The summed E-state index contributed by atoms with van der Waals surface area (Å²) in [5, 5.41) is 2.79. The Labute approximate surface area is 256 Å². The van der Waals surface area contributed by atoms with Gasteiger partial charge in [-0.05, 0) is 91.0 Å². The molecule has 0 unspecified atom stereocenters. The van der Waals surface area contributed by atoms with E-state index >= 15 is 0 Å². The minimum absolute atomic E-state index is 0.151. The standard InChI is InChI=1S/C29H19Br2Cl2NO4S/c30-22-12-17(13-23(31)27(22)38-16-19-8-9-20(32)15-24(19)33)14-26-28(35)34(29(36)39-26)10-11-37-25-7-3-5-18-4-1-2-6-21(18)25/h1-9,12-15H,10-11,16H2/b26-14-. The van der Waals surface area contributed by atoms with Crippen LogP contribution in [-0.4, -0.2) is 29.2 Å². The number of hydrogen-bond acceptors (Lipinski definition) is 5. The molecule has 0 saturated carbocycles. The van der Waals surface area contributed by atoms with Crippen LogP contribution >= 0.6 is 66.8 Å². The molecule has 4 aromatic rings. The van der Waals surface area contributed by atoms with Crippen molar-refractivity contribution in [1.82, 2.24) is 4.90 Å². The van der Waals surface area contributed by atoms with Crippen LogP contribution in [0.4, 0.5) is 4.79 Å². The predicted octanol–water partition coefficient (Wildman–Crippen LogP) is 9.37. The van der Waals surface area contributed by atoms with Gasteiger partial charge in [-0.3, -0.25) is 14.5 Å². The number of benzene rings is 4. The molecule has 0 atom stereocenters. The molecule has 2 amide bonds. The maximum absolute atomic E-state index is 13.0. The first-order valence-corrected chi connectivity index (χ1v) is 14.9. The lowest BCUT2D eigenvalue weighted by Crippen LogP contribution is -2.32. The van der Waals surface area contributed by atoms with E-state index in [0.29, 0.717) is 35.4 Å². The van der Waals surface area contributed by atoms with Gasteiger partial charge in [0, 0.05) is 21.0 Å².